The molecule has 0 radical (unpaired) electrons. The van der Waals surface area contributed by atoms with Gasteiger partial charge in [0, 0.05) is 44.2 Å². The second-order valence-corrected chi connectivity index (χ2v) is 11.3. The molecule has 11 heteroatoms. The molecule has 0 bridgehead atoms. The van der Waals surface area contributed by atoms with Crippen LogP contribution in [-0.2, 0) is 16.0 Å². The summed E-state index contributed by atoms with van der Waals surface area (Å²) < 4.78 is 16.7. The SMILES string of the molecule is CC(C)(C)[C@@H](C(=O)N1C[C@H](O)C[C@H]1C(=O)NCCc1ccn(-c2cccc(F)c2)n1)n1cc(C2CC2)nn1. The van der Waals surface area contributed by atoms with E-state index in [4.69, 9.17) is 0 Å². The van der Waals surface area contributed by atoms with E-state index in [0.29, 0.717) is 24.6 Å². The van der Waals surface area contributed by atoms with Crippen molar-refractivity contribution in [3.63, 3.8) is 0 Å². The molecule has 1 saturated heterocycles. The minimum absolute atomic E-state index is 0.0890. The lowest BCUT2D eigenvalue weighted by molar-refractivity contribution is -0.144. The van der Waals surface area contributed by atoms with Crippen molar-refractivity contribution in [2.24, 2.45) is 5.41 Å². The second-order valence-electron chi connectivity index (χ2n) is 11.3. The van der Waals surface area contributed by atoms with E-state index in [2.05, 4.69) is 20.7 Å². The molecule has 202 valence electrons. The third-order valence-corrected chi connectivity index (χ3v) is 7.10. The maximum Gasteiger partial charge on any atom is 0.248 e. The molecule has 3 atom stereocenters. The molecule has 2 fully saturated rings. The summed E-state index contributed by atoms with van der Waals surface area (Å²) in [7, 11) is 0. The van der Waals surface area contributed by atoms with Crippen LogP contribution in [-0.4, -0.2) is 71.8 Å². The first-order chi connectivity index (χ1) is 18.1. The Morgan fingerprint density at radius 3 is 2.74 bits per heavy atom. The van der Waals surface area contributed by atoms with Crippen LogP contribution in [0.4, 0.5) is 4.39 Å². The number of nitrogens with zero attached hydrogens (tertiary/aromatic N) is 6. The van der Waals surface area contributed by atoms with E-state index in [1.807, 2.05) is 33.0 Å². The Hall–Kier alpha value is -3.60. The fourth-order valence-electron chi connectivity index (χ4n) is 5.02. The Morgan fingerprint density at radius 1 is 1.24 bits per heavy atom. The number of carbonyl (C=O) groups excluding carboxylic acids is 2. The van der Waals surface area contributed by atoms with Gasteiger partial charge in [-0.2, -0.15) is 5.10 Å². The Balaban J connectivity index is 1.23. The van der Waals surface area contributed by atoms with Gasteiger partial charge in [-0.1, -0.05) is 32.1 Å². The van der Waals surface area contributed by atoms with Crippen LogP contribution in [0.2, 0.25) is 0 Å². The number of benzene rings is 1. The topological polar surface area (TPSA) is 118 Å². The number of carbonyl (C=O) groups is 2. The van der Waals surface area contributed by atoms with E-state index in [0.717, 1.165) is 24.2 Å². The molecule has 3 aromatic rings. The van der Waals surface area contributed by atoms with Gasteiger partial charge < -0.3 is 15.3 Å². The first-order valence-corrected chi connectivity index (χ1v) is 13.1. The van der Waals surface area contributed by atoms with Crippen LogP contribution in [0.15, 0.2) is 42.7 Å². The number of aliphatic hydroxyl groups excluding tert-OH is 1. The minimum Gasteiger partial charge on any atom is -0.391 e. The van der Waals surface area contributed by atoms with Gasteiger partial charge in [-0.05, 0) is 42.5 Å². The van der Waals surface area contributed by atoms with Gasteiger partial charge in [0.05, 0.1) is 23.2 Å². The lowest BCUT2D eigenvalue weighted by Gasteiger charge is -2.34. The zero-order chi connectivity index (χ0) is 27.0. The van der Waals surface area contributed by atoms with Gasteiger partial charge in [0.15, 0.2) is 0 Å². The van der Waals surface area contributed by atoms with E-state index in [-0.39, 0.29) is 30.6 Å². The van der Waals surface area contributed by atoms with Crippen molar-refractivity contribution >= 4 is 11.8 Å². The zero-order valence-electron chi connectivity index (χ0n) is 21.9. The summed E-state index contributed by atoms with van der Waals surface area (Å²) in [6.45, 7) is 6.27. The minimum atomic E-state index is -0.782. The predicted molar refractivity (Wildman–Crippen MR) is 137 cm³/mol. The van der Waals surface area contributed by atoms with Crippen molar-refractivity contribution < 1.29 is 19.1 Å². The highest BCUT2D eigenvalue weighted by molar-refractivity contribution is 5.90. The van der Waals surface area contributed by atoms with Gasteiger partial charge in [0.2, 0.25) is 11.8 Å². The fraction of sp³-hybridized carbons (Fsp3) is 0.519. The van der Waals surface area contributed by atoms with Crippen molar-refractivity contribution in [2.75, 3.05) is 13.1 Å². The maximum atomic E-state index is 13.8. The van der Waals surface area contributed by atoms with Crippen molar-refractivity contribution in [3.05, 3.63) is 59.9 Å². The molecule has 2 aliphatic rings. The Morgan fingerprint density at radius 2 is 2.03 bits per heavy atom. The van der Waals surface area contributed by atoms with E-state index >= 15 is 0 Å². The number of nitrogens with one attached hydrogen (secondary N) is 1. The highest BCUT2D eigenvalue weighted by Crippen LogP contribution is 2.40. The normalized spacial score (nSPS) is 20.5. The van der Waals surface area contributed by atoms with Gasteiger partial charge in [-0.25, -0.2) is 13.8 Å². The molecule has 1 aromatic carbocycles. The van der Waals surface area contributed by atoms with E-state index < -0.39 is 23.6 Å². The largest absolute Gasteiger partial charge is 0.391 e. The van der Waals surface area contributed by atoms with Crippen LogP contribution in [0, 0.1) is 11.2 Å². The molecule has 5 rings (SSSR count). The first kappa shape index (κ1) is 26.0. The summed E-state index contributed by atoms with van der Waals surface area (Å²) in [6.07, 6.45) is 5.60. The molecule has 1 aliphatic heterocycles. The molecule has 2 aromatic heterocycles. The number of β-amino-alcohol motifs (C(OH)–C–C–N with tert-alkyl or cyclic N) is 1. The molecule has 1 aliphatic carbocycles. The van der Waals surface area contributed by atoms with Gasteiger partial charge in [0.1, 0.15) is 17.9 Å². The fourth-order valence-corrected chi connectivity index (χ4v) is 5.02. The molecule has 2 N–H and O–H groups in total. The molecule has 1 saturated carbocycles. The van der Waals surface area contributed by atoms with Gasteiger partial charge in [0.25, 0.3) is 0 Å². The van der Waals surface area contributed by atoms with Crippen LogP contribution in [0.5, 0.6) is 0 Å². The predicted octanol–water partition coefficient (Wildman–Crippen LogP) is 2.39. The molecule has 0 unspecified atom stereocenters. The number of rotatable bonds is 8. The van der Waals surface area contributed by atoms with Crippen LogP contribution < -0.4 is 5.32 Å². The molecule has 10 nitrogen and oxygen atoms in total. The van der Waals surface area contributed by atoms with Crippen molar-refractivity contribution in [2.45, 2.75) is 70.6 Å². The molecule has 2 amide bonds. The number of hydrogen-bond acceptors (Lipinski definition) is 6. The monoisotopic (exact) mass is 523 g/mol. The number of hydrogen-bond donors (Lipinski definition) is 2. The summed E-state index contributed by atoms with van der Waals surface area (Å²) in [5, 5.41) is 26.3. The van der Waals surface area contributed by atoms with Gasteiger partial charge in [-0.15, -0.1) is 5.10 Å². The summed E-state index contributed by atoms with van der Waals surface area (Å²) in [5.41, 5.74) is 1.75. The number of likely N-dealkylation sites (tertiary alicyclic amines) is 1. The summed E-state index contributed by atoms with van der Waals surface area (Å²) in [6, 6.07) is 6.52. The Kier molecular flexibility index (Phi) is 7.04. The average Bonchev–Trinajstić information content (AvgIpc) is 3.23. The van der Waals surface area contributed by atoms with Gasteiger partial charge >= 0.3 is 0 Å². The van der Waals surface area contributed by atoms with Crippen LogP contribution in [0.3, 0.4) is 0 Å². The summed E-state index contributed by atoms with van der Waals surface area (Å²) >= 11 is 0. The quantitative estimate of drug-likeness (QED) is 0.468. The van der Waals surface area contributed by atoms with Crippen LogP contribution in [0.25, 0.3) is 5.69 Å². The second kappa shape index (κ2) is 10.3. The molecular weight excluding hydrogens is 489 g/mol. The lowest BCUT2D eigenvalue weighted by atomic mass is 9.85. The highest BCUT2D eigenvalue weighted by Gasteiger charge is 2.45. The first-order valence-electron chi connectivity index (χ1n) is 13.1. The van der Waals surface area contributed by atoms with Crippen LogP contribution >= 0.6 is 0 Å². The number of amides is 2. The van der Waals surface area contributed by atoms with Crippen molar-refractivity contribution in [3.8, 4) is 5.69 Å². The zero-order valence-corrected chi connectivity index (χ0v) is 21.9. The Bertz CT molecular complexity index is 1310. The summed E-state index contributed by atoms with van der Waals surface area (Å²) in [4.78, 5) is 28.4. The average molecular weight is 524 g/mol. The third kappa shape index (κ3) is 5.62. The van der Waals surface area contributed by atoms with E-state index in [9.17, 15) is 19.1 Å². The number of halogens is 1. The molecule has 0 spiro atoms. The van der Waals surface area contributed by atoms with Gasteiger partial charge in [-0.3, -0.25) is 9.59 Å². The van der Waals surface area contributed by atoms with E-state index in [1.54, 1.807) is 27.7 Å². The summed E-state index contributed by atoms with van der Waals surface area (Å²) in [5.74, 6) is -0.503. The standard InChI is InChI=1S/C27H34FN7O3/c1-27(2,3)24(35-16-22(30-32-35)17-7-8-17)26(38)33-15-21(36)14-23(33)25(37)29-11-9-19-10-12-34(31-19)20-6-4-5-18(28)13-20/h4-6,10,12-13,16-17,21,23-24,36H,7-9,11,14-15H2,1-3H3,(H,29,37)/t21-,23+,24-/m1/s1. The number of aliphatic hydroxyl groups is 1. The number of aromatic nitrogens is 5. The maximum absolute atomic E-state index is 13.8. The lowest BCUT2D eigenvalue weighted by Crippen LogP contribution is -2.50. The van der Waals surface area contributed by atoms with Crippen molar-refractivity contribution in [1.29, 1.82) is 0 Å². The molecular formula is C27H34FN7O3. The molecule has 3 heterocycles. The van der Waals surface area contributed by atoms with E-state index in [1.165, 1.54) is 17.0 Å². The molecule has 38 heavy (non-hydrogen) atoms. The third-order valence-electron chi connectivity index (χ3n) is 7.10. The van der Waals surface area contributed by atoms with Crippen LogP contribution in [0.1, 0.15) is 63.4 Å². The Labute approximate surface area is 220 Å². The highest BCUT2D eigenvalue weighted by atomic mass is 19.1. The van der Waals surface area contributed by atoms with Crippen molar-refractivity contribution in [1.82, 2.24) is 35.0 Å². The smallest absolute Gasteiger partial charge is 0.248 e.